The van der Waals surface area contributed by atoms with Crippen LogP contribution in [0.5, 0.6) is 0 Å². The predicted octanol–water partition coefficient (Wildman–Crippen LogP) is 1.66. The highest BCUT2D eigenvalue weighted by Gasteiger charge is 2.53. The molecule has 1 aromatic rings. The summed E-state index contributed by atoms with van der Waals surface area (Å²) in [5.41, 5.74) is 0.456. The van der Waals surface area contributed by atoms with Crippen molar-refractivity contribution < 1.29 is 18.8 Å². The first-order valence-corrected chi connectivity index (χ1v) is 7.77. The number of halogens is 1. The Morgan fingerprint density at radius 3 is 2.78 bits per heavy atom. The van der Waals surface area contributed by atoms with E-state index in [1.54, 1.807) is 6.07 Å². The van der Waals surface area contributed by atoms with Gasteiger partial charge in [-0.05, 0) is 30.5 Å². The first-order valence-electron chi connectivity index (χ1n) is 7.77. The second kappa shape index (κ2) is 6.23. The third kappa shape index (κ3) is 3.34. The molecule has 1 saturated carbocycles. The molecule has 124 valence electrons. The van der Waals surface area contributed by atoms with Crippen LogP contribution < -0.4 is 5.32 Å². The third-order valence-corrected chi connectivity index (χ3v) is 4.85. The van der Waals surface area contributed by atoms with Crippen LogP contribution in [0.4, 0.5) is 4.39 Å². The lowest BCUT2D eigenvalue weighted by Crippen LogP contribution is -2.45. The van der Waals surface area contributed by atoms with Crippen molar-refractivity contribution >= 4 is 5.91 Å². The van der Waals surface area contributed by atoms with E-state index in [1.165, 1.54) is 12.1 Å². The Hall–Kier alpha value is -2.02. The second-order valence-electron chi connectivity index (χ2n) is 6.32. The van der Waals surface area contributed by atoms with Gasteiger partial charge in [0.15, 0.2) is 0 Å². The van der Waals surface area contributed by atoms with Crippen LogP contribution in [0.3, 0.4) is 0 Å². The minimum absolute atomic E-state index is 0.283. The molecule has 1 aromatic carbocycles. The van der Waals surface area contributed by atoms with E-state index < -0.39 is 16.9 Å². The Labute approximate surface area is 133 Å². The number of amides is 1. The van der Waals surface area contributed by atoms with Crippen molar-refractivity contribution in [1.29, 1.82) is 0 Å². The number of hydrogen-bond donors (Lipinski definition) is 1. The average Bonchev–Trinajstić information content (AvgIpc) is 3.34. The highest BCUT2D eigenvalue weighted by atomic mass is 19.1. The fraction of sp³-hybridized carbons (Fsp3) is 0.562. The van der Waals surface area contributed by atoms with Gasteiger partial charge in [0, 0.05) is 36.5 Å². The number of rotatable bonds is 5. The maximum Gasteiger partial charge on any atom is 0.230 e. The smallest absolute Gasteiger partial charge is 0.230 e. The Balaban J connectivity index is 1.70. The average molecular weight is 322 g/mol. The van der Waals surface area contributed by atoms with Crippen molar-refractivity contribution in [2.24, 2.45) is 5.92 Å². The molecule has 23 heavy (non-hydrogen) atoms. The molecular weight excluding hydrogens is 303 g/mol. The van der Waals surface area contributed by atoms with Crippen LogP contribution in [0.2, 0.25) is 0 Å². The molecule has 2 fully saturated rings. The van der Waals surface area contributed by atoms with Gasteiger partial charge >= 0.3 is 0 Å². The van der Waals surface area contributed by atoms with Crippen LogP contribution in [-0.2, 0) is 14.9 Å². The minimum Gasteiger partial charge on any atom is -0.381 e. The molecule has 1 N–H and O–H groups in total. The zero-order valence-corrected chi connectivity index (χ0v) is 12.7. The van der Waals surface area contributed by atoms with E-state index in [4.69, 9.17) is 4.74 Å². The van der Waals surface area contributed by atoms with Crippen molar-refractivity contribution in [3.63, 3.8) is 0 Å². The van der Waals surface area contributed by atoms with Gasteiger partial charge in [-0.3, -0.25) is 14.9 Å². The lowest BCUT2D eigenvalue weighted by molar-refractivity contribution is -0.497. The summed E-state index contributed by atoms with van der Waals surface area (Å²) in [6, 6.07) is 5.65. The number of nitrogens with one attached hydrogen (secondary N) is 1. The zero-order valence-electron chi connectivity index (χ0n) is 12.7. The number of carbonyl (C=O) groups excluding carboxylic acids is 1. The number of carbonyl (C=O) groups is 1. The summed E-state index contributed by atoms with van der Waals surface area (Å²) >= 11 is 0. The minimum atomic E-state index is -0.755. The van der Waals surface area contributed by atoms with E-state index in [2.05, 4.69) is 5.32 Å². The van der Waals surface area contributed by atoms with Gasteiger partial charge < -0.3 is 10.1 Å². The lowest BCUT2D eigenvalue weighted by atomic mass is 9.74. The van der Waals surface area contributed by atoms with Crippen LogP contribution in [0.1, 0.15) is 24.8 Å². The Morgan fingerprint density at radius 1 is 1.43 bits per heavy atom. The van der Waals surface area contributed by atoms with Crippen LogP contribution in [0, 0.1) is 21.8 Å². The van der Waals surface area contributed by atoms with E-state index in [9.17, 15) is 19.3 Å². The number of ether oxygens (including phenoxy) is 1. The molecule has 6 nitrogen and oxygen atoms in total. The second-order valence-corrected chi connectivity index (χ2v) is 6.32. The summed E-state index contributed by atoms with van der Waals surface area (Å²) < 4.78 is 19.0. The number of benzene rings is 1. The maximum atomic E-state index is 13.6. The third-order valence-electron chi connectivity index (χ3n) is 4.85. The van der Waals surface area contributed by atoms with Gasteiger partial charge in [-0.1, -0.05) is 12.1 Å². The molecule has 0 spiro atoms. The van der Waals surface area contributed by atoms with Crippen molar-refractivity contribution in [1.82, 2.24) is 5.32 Å². The van der Waals surface area contributed by atoms with Gasteiger partial charge in [0.1, 0.15) is 11.7 Å². The van der Waals surface area contributed by atoms with E-state index in [1.807, 2.05) is 6.07 Å². The Morgan fingerprint density at radius 2 is 2.17 bits per heavy atom. The molecule has 1 aliphatic heterocycles. The fourth-order valence-corrected chi connectivity index (χ4v) is 3.23. The fourth-order valence-electron chi connectivity index (χ4n) is 3.23. The molecule has 1 aliphatic carbocycles. The monoisotopic (exact) mass is 322 g/mol. The molecule has 0 aromatic heterocycles. The molecule has 0 unspecified atom stereocenters. The van der Waals surface area contributed by atoms with E-state index in [-0.39, 0.29) is 17.1 Å². The van der Waals surface area contributed by atoms with Crippen molar-refractivity contribution in [3.05, 3.63) is 45.8 Å². The summed E-state index contributed by atoms with van der Waals surface area (Å²) in [4.78, 5) is 22.4. The van der Waals surface area contributed by atoms with E-state index >= 15 is 0 Å². The van der Waals surface area contributed by atoms with E-state index in [0.29, 0.717) is 39.0 Å². The molecule has 1 amide bonds. The standard InChI is InChI=1S/C16H19FN2O4/c17-12-3-1-2-11(8-12)16(4-6-23-7-5-16)10-18-15(20)13-9-14(13)19(21)22/h1-3,8,13-14H,4-7,9-10H2,(H,18,20)/t13-,14+/m1/s1. The molecule has 0 bridgehead atoms. The van der Waals surface area contributed by atoms with Crippen LogP contribution in [0.15, 0.2) is 24.3 Å². The van der Waals surface area contributed by atoms with Crippen LogP contribution in [-0.4, -0.2) is 36.6 Å². The summed E-state index contributed by atoms with van der Waals surface area (Å²) in [6.45, 7) is 1.44. The summed E-state index contributed by atoms with van der Waals surface area (Å²) in [6.07, 6.45) is 1.66. The topological polar surface area (TPSA) is 81.5 Å². The normalized spacial score (nSPS) is 25.6. The summed E-state index contributed by atoms with van der Waals surface area (Å²) in [7, 11) is 0. The predicted molar refractivity (Wildman–Crippen MR) is 80.0 cm³/mol. The molecular formula is C16H19FN2O4. The molecule has 1 heterocycles. The molecule has 7 heteroatoms. The Bertz CT molecular complexity index is 616. The zero-order chi connectivity index (χ0) is 16.4. The van der Waals surface area contributed by atoms with E-state index in [0.717, 1.165) is 5.56 Å². The van der Waals surface area contributed by atoms with Gasteiger partial charge in [-0.25, -0.2) is 4.39 Å². The molecule has 3 rings (SSSR count). The number of nitrogens with zero attached hydrogens (tertiary/aromatic N) is 1. The first-order chi connectivity index (χ1) is 11.0. The quantitative estimate of drug-likeness (QED) is 0.660. The van der Waals surface area contributed by atoms with Gasteiger partial charge in [0.25, 0.3) is 0 Å². The van der Waals surface area contributed by atoms with Gasteiger partial charge in [0.05, 0.1) is 0 Å². The van der Waals surface area contributed by atoms with Gasteiger partial charge in [0.2, 0.25) is 11.9 Å². The van der Waals surface area contributed by atoms with Crippen molar-refractivity contribution in [3.8, 4) is 0 Å². The first kappa shape index (κ1) is 15.9. The lowest BCUT2D eigenvalue weighted by Gasteiger charge is -2.38. The molecule has 1 saturated heterocycles. The summed E-state index contributed by atoms with van der Waals surface area (Å²) in [5, 5.41) is 13.5. The molecule has 2 atom stereocenters. The number of nitro groups is 1. The largest absolute Gasteiger partial charge is 0.381 e. The molecule has 0 radical (unpaired) electrons. The van der Waals surface area contributed by atoms with Crippen LogP contribution >= 0.6 is 0 Å². The van der Waals surface area contributed by atoms with Crippen molar-refractivity contribution in [2.75, 3.05) is 19.8 Å². The van der Waals surface area contributed by atoms with Gasteiger partial charge in [-0.15, -0.1) is 0 Å². The molecule has 2 aliphatic rings. The Kier molecular flexibility index (Phi) is 4.30. The van der Waals surface area contributed by atoms with Gasteiger partial charge in [-0.2, -0.15) is 0 Å². The van der Waals surface area contributed by atoms with Crippen molar-refractivity contribution in [2.45, 2.75) is 30.7 Å². The summed E-state index contributed by atoms with van der Waals surface area (Å²) in [5.74, 6) is -1.13. The van der Waals surface area contributed by atoms with Crippen LogP contribution in [0.25, 0.3) is 0 Å². The maximum absolute atomic E-state index is 13.6. The highest BCUT2D eigenvalue weighted by Crippen LogP contribution is 2.36. The number of hydrogen-bond acceptors (Lipinski definition) is 4. The highest BCUT2D eigenvalue weighted by molar-refractivity contribution is 5.82. The SMILES string of the molecule is O=C(NCC1(c2cccc(F)c2)CCOCC1)[C@@H]1C[C@@H]1[N+](=O)[O-].